The molecular weight excluding hydrogens is 1000 g/mol. The van der Waals surface area contributed by atoms with Gasteiger partial charge in [0.15, 0.2) is 12.4 Å². The number of ether oxygens (including phenoxy) is 3. The minimum atomic E-state index is -1.66. The number of amides is 1. The number of hydrogen-bond acceptors (Lipinski definition) is 10. The molecule has 454 valence electrons. The van der Waals surface area contributed by atoms with Crippen LogP contribution in [0.5, 0.6) is 0 Å². The third-order valence-electron chi connectivity index (χ3n) is 13.8. The van der Waals surface area contributed by atoms with E-state index in [1.165, 1.54) is 70.6 Å². The highest BCUT2D eigenvalue weighted by Gasteiger charge is 2.47. The lowest BCUT2D eigenvalue weighted by molar-refractivity contribution is -0.305. The van der Waals surface area contributed by atoms with Gasteiger partial charge in [0, 0.05) is 6.42 Å². The van der Waals surface area contributed by atoms with Gasteiger partial charge in [-0.15, -0.1) is 0 Å². The average molecular weight is 1120 g/mol. The summed E-state index contributed by atoms with van der Waals surface area (Å²) >= 11 is 0. The summed E-state index contributed by atoms with van der Waals surface area (Å²) in [5, 5.41) is 57.0. The second kappa shape index (κ2) is 55.3. The van der Waals surface area contributed by atoms with Gasteiger partial charge >= 0.3 is 5.97 Å². The average Bonchev–Trinajstić information content (AvgIpc) is 3.48. The van der Waals surface area contributed by atoms with E-state index in [1.807, 2.05) is 18.2 Å². The van der Waals surface area contributed by atoms with Crippen LogP contribution >= 0.6 is 0 Å². The Morgan fingerprint density at radius 2 is 0.900 bits per heavy atom. The van der Waals surface area contributed by atoms with Crippen molar-refractivity contribution >= 4 is 11.9 Å². The van der Waals surface area contributed by atoms with Gasteiger partial charge in [-0.25, -0.2) is 0 Å². The third-order valence-corrected chi connectivity index (χ3v) is 13.8. The summed E-state index contributed by atoms with van der Waals surface area (Å²) < 4.78 is 17.5. The van der Waals surface area contributed by atoms with E-state index in [0.29, 0.717) is 19.3 Å². The van der Waals surface area contributed by atoms with Gasteiger partial charge in [0.25, 0.3) is 0 Å². The van der Waals surface area contributed by atoms with Gasteiger partial charge in [-0.3, -0.25) is 9.59 Å². The maximum absolute atomic E-state index is 13.4. The fraction of sp³-hybridized carbons (Fsp3) is 0.652. The Labute approximate surface area is 486 Å². The van der Waals surface area contributed by atoms with Crippen LogP contribution in [-0.2, 0) is 23.8 Å². The number of nitrogens with one attached hydrogen (secondary N) is 1. The number of carbonyl (C=O) groups excluding carboxylic acids is 2. The molecule has 0 bridgehead atoms. The third kappa shape index (κ3) is 42.6. The van der Waals surface area contributed by atoms with Crippen molar-refractivity contribution in [2.75, 3.05) is 13.2 Å². The van der Waals surface area contributed by atoms with Crippen LogP contribution in [0.4, 0.5) is 0 Å². The molecule has 1 fully saturated rings. The first-order valence-corrected chi connectivity index (χ1v) is 31.5. The summed E-state index contributed by atoms with van der Waals surface area (Å²) in [5.41, 5.74) is 0. The molecule has 80 heavy (non-hydrogen) atoms. The van der Waals surface area contributed by atoms with E-state index >= 15 is 0 Å². The van der Waals surface area contributed by atoms with E-state index in [0.717, 1.165) is 103 Å². The molecule has 8 unspecified atom stereocenters. The van der Waals surface area contributed by atoms with Gasteiger partial charge in [-0.1, -0.05) is 244 Å². The Balaban J connectivity index is 2.75. The van der Waals surface area contributed by atoms with Gasteiger partial charge in [-0.05, 0) is 109 Å². The lowest BCUT2D eigenvalue weighted by atomic mass is 9.99. The number of unbranched alkanes of at least 4 members (excludes halogenated alkanes) is 17. The van der Waals surface area contributed by atoms with Gasteiger partial charge in [-0.2, -0.15) is 0 Å². The van der Waals surface area contributed by atoms with Crippen molar-refractivity contribution in [1.29, 1.82) is 0 Å². The molecule has 1 rings (SSSR count). The van der Waals surface area contributed by atoms with Crippen molar-refractivity contribution in [3.05, 3.63) is 134 Å². The number of aliphatic hydroxyl groups excluding tert-OH is 5. The molecular formula is C69H113NO10. The van der Waals surface area contributed by atoms with E-state index in [1.54, 1.807) is 6.08 Å². The number of rotatable bonds is 51. The molecule has 0 spiro atoms. The Kier molecular flexibility index (Phi) is 51.1. The molecule has 1 aliphatic rings. The van der Waals surface area contributed by atoms with E-state index in [-0.39, 0.29) is 19.4 Å². The molecule has 6 N–H and O–H groups in total. The van der Waals surface area contributed by atoms with E-state index in [9.17, 15) is 35.1 Å². The topological polar surface area (TPSA) is 175 Å². The second-order valence-corrected chi connectivity index (χ2v) is 21.0. The maximum atomic E-state index is 13.4. The number of esters is 1. The lowest BCUT2D eigenvalue weighted by Crippen LogP contribution is -2.61. The highest BCUT2D eigenvalue weighted by Crippen LogP contribution is 2.26. The molecule has 1 saturated heterocycles. The van der Waals surface area contributed by atoms with Gasteiger partial charge in [0.2, 0.25) is 5.91 Å². The fourth-order valence-corrected chi connectivity index (χ4v) is 8.84. The number of carbonyl (C=O) groups is 2. The van der Waals surface area contributed by atoms with Crippen LogP contribution in [0.3, 0.4) is 0 Å². The Bertz CT molecular complexity index is 1810. The first-order valence-electron chi connectivity index (χ1n) is 31.5. The SMILES string of the molecule is CC/C=C\C/C=C\C/C=C\C/C=C\C/C=C\C/C=C\CCC(=O)OC1C(OCC(NC(=O)C(O)CCCCCC/C=C\C/C=C\C/C=C\C/C=C\CCCCC)C(O)/C=C/CCCCCCCCCCCC)OC(CO)C(O)C1O. The van der Waals surface area contributed by atoms with Crippen molar-refractivity contribution in [2.45, 2.75) is 275 Å². The Hall–Kier alpha value is -4.20. The molecule has 8 atom stereocenters. The summed E-state index contributed by atoms with van der Waals surface area (Å²) in [6.45, 7) is 5.58. The number of allylic oxidation sites excluding steroid dienone is 21. The van der Waals surface area contributed by atoms with E-state index in [2.05, 4.69) is 135 Å². The standard InChI is InChI=1S/C69H113NO10/c1-4-7-10-13-16-19-22-25-27-29-31-33-34-36-38-41-44-47-50-53-56-62(73)68(77)70-60(61(72)55-52-49-46-43-40-24-21-18-15-12-9-6-3)59-78-69-67(66(76)65(75)63(58-71)79-69)80-64(74)57-54-51-48-45-42-39-37-35-32-30-28-26-23-20-17-14-11-8-5-2/h8,11,16-17,19-20,25-28,31-33,35-36,38-39,42,48,51-52,55,60-63,65-67,69,71-73,75-76H,4-7,9-10,12-15,18,21-24,29-30,34,37,40-41,43-47,49-50,53-54,56-59H2,1-3H3,(H,70,77)/b11-8-,19-16-,20-17-,27-25-,28-26-,33-31-,35-32-,38-36-,42-39-,51-48-,55-52+. The van der Waals surface area contributed by atoms with Crippen LogP contribution in [0.25, 0.3) is 0 Å². The van der Waals surface area contributed by atoms with Crippen LogP contribution in [-0.4, -0.2) is 99.6 Å². The summed E-state index contributed by atoms with van der Waals surface area (Å²) in [6.07, 6.45) is 67.8. The molecule has 11 heteroatoms. The van der Waals surface area contributed by atoms with Crippen LogP contribution in [0.15, 0.2) is 134 Å². The first kappa shape index (κ1) is 73.8. The molecule has 11 nitrogen and oxygen atoms in total. The molecule has 0 radical (unpaired) electrons. The number of aliphatic hydroxyl groups is 5. The van der Waals surface area contributed by atoms with Crippen LogP contribution < -0.4 is 5.32 Å². The maximum Gasteiger partial charge on any atom is 0.306 e. The zero-order valence-corrected chi connectivity index (χ0v) is 50.1. The zero-order chi connectivity index (χ0) is 58.2. The van der Waals surface area contributed by atoms with E-state index in [4.69, 9.17) is 14.2 Å². The fourth-order valence-electron chi connectivity index (χ4n) is 8.84. The number of hydrogen-bond donors (Lipinski definition) is 6. The Morgan fingerprint density at radius 3 is 1.38 bits per heavy atom. The molecule has 1 heterocycles. The lowest BCUT2D eigenvalue weighted by Gasteiger charge is -2.41. The predicted octanol–water partition coefficient (Wildman–Crippen LogP) is 15.2. The molecule has 0 aromatic carbocycles. The molecule has 0 saturated carbocycles. The highest BCUT2D eigenvalue weighted by molar-refractivity contribution is 5.80. The Morgan fingerprint density at radius 1 is 0.500 bits per heavy atom. The smallest absolute Gasteiger partial charge is 0.306 e. The summed E-state index contributed by atoms with van der Waals surface area (Å²) in [6, 6.07) is -1.06. The monoisotopic (exact) mass is 1120 g/mol. The van der Waals surface area contributed by atoms with Crippen molar-refractivity contribution < 1.29 is 49.3 Å². The van der Waals surface area contributed by atoms with Gasteiger partial charge in [0.1, 0.15) is 24.4 Å². The van der Waals surface area contributed by atoms with E-state index < -0.39 is 67.4 Å². The summed E-state index contributed by atoms with van der Waals surface area (Å²) in [5.74, 6) is -1.31. The summed E-state index contributed by atoms with van der Waals surface area (Å²) in [7, 11) is 0. The molecule has 0 aromatic heterocycles. The zero-order valence-electron chi connectivity index (χ0n) is 50.1. The van der Waals surface area contributed by atoms with Crippen LogP contribution in [0, 0.1) is 0 Å². The first-order chi connectivity index (χ1) is 39.2. The van der Waals surface area contributed by atoms with Crippen molar-refractivity contribution in [1.82, 2.24) is 5.32 Å². The molecule has 1 aliphatic heterocycles. The molecule has 1 amide bonds. The van der Waals surface area contributed by atoms with Gasteiger partial charge < -0.3 is 45.1 Å². The predicted molar refractivity (Wildman–Crippen MR) is 333 cm³/mol. The van der Waals surface area contributed by atoms with Crippen molar-refractivity contribution in [3.63, 3.8) is 0 Å². The summed E-state index contributed by atoms with van der Waals surface area (Å²) in [4.78, 5) is 26.5. The normalized spacial score (nSPS) is 19.7. The van der Waals surface area contributed by atoms with Crippen LogP contribution in [0.1, 0.15) is 226 Å². The van der Waals surface area contributed by atoms with Gasteiger partial charge in [0.05, 0.1) is 25.4 Å². The minimum Gasteiger partial charge on any atom is -0.454 e. The van der Waals surface area contributed by atoms with Crippen molar-refractivity contribution in [2.24, 2.45) is 0 Å². The van der Waals surface area contributed by atoms with Crippen LogP contribution in [0.2, 0.25) is 0 Å². The molecule has 0 aliphatic carbocycles. The highest BCUT2D eigenvalue weighted by atomic mass is 16.7. The quantitative estimate of drug-likeness (QED) is 0.0195. The molecule has 0 aromatic rings. The van der Waals surface area contributed by atoms with Crippen molar-refractivity contribution in [3.8, 4) is 0 Å². The minimum absolute atomic E-state index is 0.0118. The largest absolute Gasteiger partial charge is 0.454 e. The second-order valence-electron chi connectivity index (χ2n) is 21.0.